The topological polar surface area (TPSA) is 134 Å². The number of rotatable bonds is 5. The van der Waals surface area contributed by atoms with Crippen molar-refractivity contribution in [1.82, 2.24) is 15.0 Å². The molecule has 4 aromatic rings. The molecule has 0 radical (unpaired) electrons. The molecule has 5 N–H and O–H groups in total. The number of carboxylic acids is 1. The van der Waals surface area contributed by atoms with Gasteiger partial charge in [-0.1, -0.05) is 30.0 Å². The van der Waals surface area contributed by atoms with Gasteiger partial charge in [0.25, 0.3) is 0 Å². The second-order valence-corrected chi connectivity index (χ2v) is 7.54. The summed E-state index contributed by atoms with van der Waals surface area (Å²) in [6.07, 6.45) is 2.48. The fourth-order valence-corrected chi connectivity index (χ4v) is 3.08. The normalized spacial score (nSPS) is 11.6. The standard InChI is InChI=1S/C23H20N4O2.C2HF3O2/c24-19(11-18-13-27-22-4-2-1-3-21(18)22)15-29-20-9-17(12-25-14-20)6-5-16-7-8-26-23(28)10-16;3-2(4,5)1(6)7/h1-4,7-10,12-14,19,27H,11,15,24H2,(H,26,28);(H,6,7). The highest BCUT2D eigenvalue weighted by atomic mass is 19.4. The van der Waals surface area contributed by atoms with Crippen LogP contribution in [0.5, 0.6) is 5.75 Å². The summed E-state index contributed by atoms with van der Waals surface area (Å²) in [5, 5.41) is 8.31. The monoisotopic (exact) mass is 498 g/mol. The molecule has 0 aliphatic rings. The van der Waals surface area contributed by atoms with E-state index in [-0.39, 0.29) is 11.6 Å². The van der Waals surface area contributed by atoms with Gasteiger partial charge < -0.3 is 25.5 Å². The van der Waals surface area contributed by atoms with Gasteiger partial charge in [-0.05, 0) is 30.2 Å². The third-order valence-corrected chi connectivity index (χ3v) is 4.70. The van der Waals surface area contributed by atoms with Crippen LogP contribution >= 0.6 is 0 Å². The number of para-hydroxylation sites is 1. The maximum absolute atomic E-state index is 11.3. The molecule has 8 nitrogen and oxygen atoms in total. The summed E-state index contributed by atoms with van der Waals surface area (Å²) in [6, 6.07) is 13.0. The summed E-state index contributed by atoms with van der Waals surface area (Å²) in [4.78, 5) is 30.2. The Kier molecular flexibility index (Phi) is 8.48. The smallest absolute Gasteiger partial charge is 0.490 e. The van der Waals surface area contributed by atoms with Crippen molar-refractivity contribution in [1.29, 1.82) is 0 Å². The van der Waals surface area contributed by atoms with Gasteiger partial charge in [0, 0.05) is 52.7 Å². The van der Waals surface area contributed by atoms with Crippen LogP contribution in [0, 0.1) is 11.8 Å². The predicted molar refractivity (Wildman–Crippen MR) is 126 cm³/mol. The minimum absolute atomic E-state index is 0.153. The second kappa shape index (κ2) is 11.7. The largest absolute Gasteiger partial charge is 0.490 e. The number of pyridine rings is 2. The van der Waals surface area contributed by atoms with Crippen LogP contribution in [0.3, 0.4) is 0 Å². The highest BCUT2D eigenvalue weighted by Gasteiger charge is 2.38. The Bertz CT molecular complexity index is 1450. The Balaban J connectivity index is 0.000000454. The van der Waals surface area contributed by atoms with Crippen LogP contribution in [0.2, 0.25) is 0 Å². The molecule has 4 rings (SSSR count). The maximum atomic E-state index is 11.3. The van der Waals surface area contributed by atoms with Crippen LogP contribution in [0.4, 0.5) is 13.2 Å². The van der Waals surface area contributed by atoms with Crippen LogP contribution in [-0.4, -0.2) is 44.9 Å². The van der Waals surface area contributed by atoms with Gasteiger partial charge in [-0.3, -0.25) is 9.78 Å². The lowest BCUT2D eigenvalue weighted by Crippen LogP contribution is -2.30. The van der Waals surface area contributed by atoms with Crippen molar-refractivity contribution >= 4 is 16.9 Å². The van der Waals surface area contributed by atoms with E-state index in [0.29, 0.717) is 29.9 Å². The molecule has 36 heavy (non-hydrogen) atoms. The Hall–Kier alpha value is -4.56. The highest BCUT2D eigenvalue weighted by molar-refractivity contribution is 5.83. The number of aliphatic carboxylic acids is 1. The summed E-state index contributed by atoms with van der Waals surface area (Å²) in [7, 11) is 0. The van der Waals surface area contributed by atoms with Gasteiger partial charge in [-0.15, -0.1) is 0 Å². The van der Waals surface area contributed by atoms with Gasteiger partial charge in [0.15, 0.2) is 0 Å². The van der Waals surface area contributed by atoms with E-state index in [1.165, 1.54) is 17.0 Å². The quantitative estimate of drug-likeness (QED) is 0.312. The molecule has 11 heteroatoms. The molecule has 1 atom stereocenters. The molecular formula is C25H21F3N4O4. The van der Waals surface area contributed by atoms with Gasteiger partial charge >= 0.3 is 12.1 Å². The summed E-state index contributed by atoms with van der Waals surface area (Å²) in [5.41, 5.74) is 9.70. The Morgan fingerprint density at radius 3 is 2.56 bits per heavy atom. The van der Waals surface area contributed by atoms with Crippen molar-refractivity contribution < 1.29 is 27.8 Å². The van der Waals surface area contributed by atoms with Gasteiger partial charge in [0.2, 0.25) is 5.56 Å². The van der Waals surface area contributed by atoms with Crippen molar-refractivity contribution in [3.05, 3.63) is 94.3 Å². The molecule has 0 aliphatic heterocycles. The molecule has 0 amide bonds. The number of carbonyl (C=O) groups is 1. The Morgan fingerprint density at radius 2 is 1.83 bits per heavy atom. The zero-order valence-corrected chi connectivity index (χ0v) is 18.7. The number of nitrogens with zero attached hydrogens (tertiary/aromatic N) is 1. The molecule has 0 spiro atoms. The Morgan fingerprint density at radius 1 is 1.11 bits per heavy atom. The zero-order chi connectivity index (χ0) is 26.1. The minimum Gasteiger partial charge on any atom is -0.490 e. The lowest BCUT2D eigenvalue weighted by atomic mass is 10.1. The van der Waals surface area contributed by atoms with Crippen LogP contribution < -0.4 is 16.0 Å². The van der Waals surface area contributed by atoms with Crippen molar-refractivity contribution in [2.45, 2.75) is 18.6 Å². The number of hydrogen-bond donors (Lipinski definition) is 4. The molecule has 3 aromatic heterocycles. The van der Waals surface area contributed by atoms with Crippen LogP contribution in [-0.2, 0) is 11.2 Å². The number of aromatic nitrogens is 3. The van der Waals surface area contributed by atoms with E-state index in [9.17, 15) is 18.0 Å². The number of nitrogens with two attached hydrogens (primary N) is 1. The number of nitrogens with one attached hydrogen (secondary N) is 2. The number of hydrogen-bond acceptors (Lipinski definition) is 5. The van der Waals surface area contributed by atoms with E-state index in [2.05, 4.69) is 32.9 Å². The van der Waals surface area contributed by atoms with Crippen molar-refractivity contribution in [3.63, 3.8) is 0 Å². The molecule has 0 saturated carbocycles. The maximum Gasteiger partial charge on any atom is 0.490 e. The van der Waals surface area contributed by atoms with Crippen molar-refractivity contribution in [2.24, 2.45) is 5.73 Å². The molecule has 0 fully saturated rings. The molecular weight excluding hydrogens is 477 g/mol. The summed E-state index contributed by atoms with van der Waals surface area (Å²) < 4.78 is 37.6. The predicted octanol–water partition coefficient (Wildman–Crippen LogP) is 3.23. The number of H-pyrrole nitrogens is 2. The highest BCUT2D eigenvalue weighted by Crippen LogP contribution is 2.19. The molecule has 1 unspecified atom stereocenters. The van der Waals surface area contributed by atoms with Gasteiger partial charge in [0.05, 0.1) is 6.20 Å². The first-order chi connectivity index (χ1) is 17.1. The van der Waals surface area contributed by atoms with E-state index in [0.717, 1.165) is 5.52 Å². The molecule has 1 aromatic carbocycles. The molecule has 0 bridgehead atoms. The number of alkyl halides is 3. The van der Waals surface area contributed by atoms with Crippen LogP contribution in [0.15, 0.2) is 72.0 Å². The SMILES string of the molecule is NC(COc1cncc(C#Cc2cc[nH]c(=O)c2)c1)Cc1c[nH]c2ccccc12.O=C(O)C(F)(F)F. The summed E-state index contributed by atoms with van der Waals surface area (Å²) in [6.45, 7) is 0.367. The first-order valence-corrected chi connectivity index (χ1v) is 10.5. The third-order valence-electron chi connectivity index (χ3n) is 4.70. The van der Waals surface area contributed by atoms with E-state index in [1.54, 1.807) is 24.7 Å². The first-order valence-electron chi connectivity index (χ1n) is 10.5. The van der Waals surface area contributed by atoms with E-state index < -0.39 is 12.1 Å². The number of aromatic amines is 2. The second-order valence-electron chi connectivity index (χ2n) is 7.54. The van der Waals surface area contributed by atoms with Gasteiger partial charge in [0.1, 0.15) is 12.4 Å². The number of carboxylic acid groups (broad SMARTS) is 1. The molecule has 0 saturated heterocycles. The number of ether oxygens (including phenoxy) is 1. The number of fused-ring (bicyclic) bond motifs is 1. The minimum atomic E-state index is -5.08. The summed E-state index contributed by atoms with van der Waals surface area (Å²) in [5.74, 6) is 3.79. The number of benzene rings is 1. The third kappa shape index (κ3) is 7.75. The van der Waals surface area contributed by atoms with Crippen molar-refractivity contribution in [2.75, 3.05) is 6.61 Å². The zero-order valence-electron chi connectivity index (χ0n) is 18.7. The van der Waals surface area contributed by atoms with Crippen LogP contribution in [0.1, 0.15) is 16.7 Å². The first kappa shape index (κ1) is 26.1. The fraction of sp³-hybridized carbons (Fsp3) is 0.160. The molecule has 186 valence electrons. The number of halogens is 3. The van der Waals surface area contributed by atoms with Crippen LogP contribution in [0.25, 0.3) is 10.9 Å². The van der Waals surface area contributed by atoms with E-state index in [4.69, 9.17) is 20.4 Å². The van der Waals surface area contributed by atoms with Crippen molar-refractivity contribution in [3.8, 4) is 17.6 Å². The van der Waals surface area contributed by atoms with E-state index >= 15 is 0 Å². The fourth-order valence-electron chi connectivity index (χ4n) is 3.08. The Labute approximate surface area is 203 Å². The summed E-state index contributed by atoms with van der Waals surface area (Å²) >= 11 is 0. The molecule has 3 heterocycles. The van der Waals surface area contributed by atoms with Gasteiger partial charge in [-0.2, -0.15) is 13.2 Å². The molecule has 0 aliphatic carbocycles. The average Bonchev–Trinajstić information content (AvgIpc) is 3.24. The average molecular weight is 498 g/mol. The van der Waals surface area contributed by atoms with E-state index in [1.807, 2.05) is 30.5 Å². The lowest BCUT2D eigenvalue weighted by Gasteiger charge is -2.13. The van der Waals surface area contributed by atoms with Gasteiger partial charge in [-0.25, -0.2) is 4.79 Å². The lowest BCUT2D eigenvalue weighted by molar-refractivity contribution is -0.192.